The summed E-state index contributed by atoms with van der Waals surface area (Å²) in [6, 6.07) is 2.13. The Morgan fingerprint density at radius 3 is 2.47 bits per heavy atom. The van der Waals surface area contributed by atoms with Gasteiger partial charge < -0.3 is 5.73 Å². The van der Waals surface area contributed by atoms with Crippen LogP contribution in [0.5, 0.6) is 0 Å². The molecule has 0 unspecified atom stereocenters. The second-order valence-corrected chi connectivity index (χ2v) is 4.65. The zero-order valence-electron chi connectivity index (χ0n) is 9.83. The van der Waals surface area contributed by atoms with Gasteiger partial charge in [0, 0.05) is 0 Å². The monoisotopic (exact) mass is 206 g/mol. The van der Waals surface area contributed by atoms with Crippen molar-refractivity contribution in [1.29, 1.82) is 5.26 Å². The van der Waals surface area contributed by atoms with Crippen LogP contribution in [0.25, 0.3) is 0 Å². The Bertz CT molecular complexity index is 390. The predicted molar refractivity (Wildman–Crippen MR) is 60.3 cm³/mol. The van der Waals surface area contributed by atoms with E-state index in [2.05, 4.69) is 18.1 Å². The molecule has 0 spiro atoms. The van der Waals surface area contributed by atoms with Crippen LogP contribution in [0.2, 0.25) is 0 Å². The molecular weight excluding hydrogens is 188 g/mol. The van der Waals surface area contributed by atoms with Crippen molar-refractivity contribution < 1.29 is 0 Å². The Hall–Kier alpha value is -1.50. The van der Waals surface area contributed by atoms with Crippen molar-refractivity contribution in [2.45, 2.75) is 46.1 Å². The quantitative estimate of drug-likeness (QED) is 0.805. The van der Waals surface area contributed by atoms with Crippen LogP contribution in [0.1, 0.15) is 45.4 Å². The first-order valence-electron chi connectivity index (χ1n) is 5.19. The Kier molecular flexibility index (Phi) is 3.04. The van der Waals surface area contributed by atoms with E-state index in [-0.39, 0.29) is 5.54 Å². The fraction of sp³-hybridized carbons (Fsp3) is 0.636. The van der Waals surface area contributed by atoms with Crippen LogP contribution < -0.4 is 5.73 Å². The smallest absolute Gasteiger partial charge is 0.140 e. The molecule has 0 aliphatic rings. The Morgan fingerprint density at radius 1 is 1.47 bits per heavy atom. The molecule has 0 aliphatic heterocycles. The normalized spacial score (nSPS) is 11.4. The minimum absolute atomic E-state index is 0.179. The number of hydrogen-bond donors (Lipinski definition) is 1. The van der Waals surface area contributed by atoms with Crippen LogP contribution in [-0.4, -0.2) is 9.78 Å². The molecule has 0 saturated carbocycles. The fourth-order valence-electron chi connectivity index (χ4n) is 1.52. The standard InChI is InChI=1S/C11H18N4/c1-5-6-9-8(7-12)10(13)15(14-9)11(2,3)4/h5-6,13H2,1-4H3. The number of nitrogen functional groups attached to an aromatic ring is 1. The zero-order valence-corrected chi connectivity index (χ0v) is 9.83. The summed E-state index contributed by atoms with van der Waals surface area (Å²) in [6.07, 6.45) is 1.77. The third-order valence-electron chi connectivity index (χ3n) is 2.23. The van der Waals surface area contributed by atoms with E-state index in [0.717, 1.165) is 18.5 Å². The number of hydrogen-bond acceptors (Lipinski definition) is 3. The first-order valence-corrected chi connectivity index (χ1v) is 5.19. The molecule has 1 aromatic rings. The molecule has 15 heavy (non-hydrogen) atoms. The third-order valence-corrected chi connectivity index (χ3v) is 2.23. The first kappa shape index (κ1) is 11.6. The molecule has 0 aliphatic carbocycles. The van der Waals surface area contributed by atoms with Crippen molar-refractivity contribution in [3.8, 4) is 6.07 Å². The minimum Gasteiger partial charge on any atom is -0.383 e. The molecule has 0 saturated heterocycles. The first-order chi connectivity index (χ1) is 6.91. The number of rotatable bonds is 2. The van der Waals surface area contributed by atoms with E-state index in [1.165, 1.54) is 0 Å². The number of nitriles is 1. The van der Waals surface area contributed by atoms with E-state index in [1.54, 1.807) is 4.68 Å². The Balaban J connectivity index is 3.29. The summed E-state index contributed by atoms with van der Waals surface area (Å²) in [5, 5.41) is 13.4. The van der Waals surface area contributed by atoms with Gasteiger partial charge in [0.25, 0.3) is 0 Å². The van der Waals surface area contributed by atoms with E-state index in [0.29, 0.717) is 11.4 Å². The molecule has 4 heteroatoms. The topological polar surface area (TPSA) is 67.6 Å². The van der Waals surface area contributed by atoms with Crippen molar-refractivity contribution in [2.24, 2.45) is 0 Å². The summed E-state index contributed by atoms with van der Waals surface area (Å²) in [6.45, 7) is 8.13. The molecule has 1 aromatic heterocycles. The van der Waals surface area contributed by atoms with Crippen molar-refractivity contribution >= 4 is 5.82 Å². The van der Waals surface area contributed by atoms with Crippen molar-refractivity contribution in [2.75, 3.05) is 5.73 Å². The summed E-state index contributed by atoms with van der Waals surface area (Å²) >= 11 is 0. The van der Waals surface area contributed by atoms with E-state index in [4.69, 9.17) is 11.0 Å². The predicted octanol–water partition coefficient (Wildman–Crippen LogP) is 2.04. The average Bonchev–Trinajstić information content (AvgIpc) is 2.42. The lowest BCUT2D eigenvalue weighted by molar-refractivity contribution is 0.359. The summed E-state index contributed by atoms with van der Waals surface area (Å²) in [5.74, 6) is 0.480. The van der Waals surface area contributed by atoms with Crippen LogP contribution in [0.4, 0.5) is 5.82 Å². The lowest BCUT2D eigenvalue weighted by atomic mass is 10.1. The molecular formula is C11H18N4. The van der Waals surface area contributed by atoms with Gasteiger partial charge in [0.1, 0.15) is 17.5 Å². The van der Waals surface area contributed by atoms with Gasteiger partial charge in [-0.25, -0.2) is 4.68 Å². The van der Waals surface area contributed by atoms with Gasteiger partial charge in [0.05, 0.1) is 11.2 Å². The van der Waals surface area contributed by atoms with E-state index in [9.17, 15) is 0 Å². The molecule has 2 N–H and O–H groups in total. The maximum Gasteiger partial charge on any atom is 0.140 e. The molecule has 0 fully saturated rings. The highest BCUT2D eigenvalue weighted by Crippen LogP contribution is 2.24. The van der Waals surface area contributed by atoms with Gasteiger partial charge in [-0.3, -0.25) is 0 Å². The van der Waals surface area contributed by atoms with Gasteiger partial charge in [-0.15, -0.1) is 0 Å². The largest absolute Gasteiger partial charge is 0.383 e. The zero-order chi connectivity index (χ0) is 11.6. The lowest BCUT2D eigenvalue weighted by Gasteiger charge is -2.20. The van der Waals surface area contributed by atoms with Crippen LogP contribution in [-0.2, 0) is 12.0 Å². The van der Waals surface area contributed by atoms with Gasteiger partial charge in [-0.1, -0.05) is 13.3 Å². The van der Waals surface area contributed by atoms with E-state index < -0.39 is 0 Å². The van der Waals surface area contributed by atoms with Gasteiger partial charge in [0.2, 0.25) is 0 Å². The molecule has 0 atom stereocenters. The number of nitrogens with zero attached hydrogens (tertiary/aromatic N) is 3. The van der Waals surface area contributed by atoms with Crippen molar-refractivity contribution in [1.82, 2.24) is 9.78 Å². The van der Waals surface area contributed by atoms with Gasteiger partial charge in [-0.05, 0) is 27.2 Å². The molecule has 4 nitrogen and oxygen atoms in total. The Morgan fingerprint density at radius 2 is 2.07 bits per heavy atom. The summed E-state index contributed by atoms with van der Waals surface area (Å²) in [5.41, 5.74) is 7.08. The minimum atomic E-state index is -0.179. The SMILES string of the molecule is CCCc1nn(C(C)(C)C)c(N)c1C#N. The molecule has 0 bridgehead atoms. The number of aromatic nitrogens is 2. The lowest BCUT2D eigenvalue weighted by Crippen LogP contribution is -2.25. The van der Waals surface area contributed by atoms with Crippen LogP contribution >= 0.6 is 0 Å². The van der Waals surface area contributed by atoms with Gasteiger partial charge >= 0.3 is 0 Å². The second kappa shape index (κ2) is 3.93. The van der Waals surface area contributed by atoms with Gasteiger partial charge in [0.15, 0.2) is 0 Å². The number of anilines is 1. The average molecular weight is 206 g/mol. The molecule has 82 valence electrons. The van der Waals surface area contributed by atoms with Crippen molar-refractivity contribution in [3.63, 3.8) is 0 Å². The third kappa shape index (κ3) is 2.12. The summed E-state index contributed by atoms with van der Waals surface area (Å²) in [4.78, 5) is 0. The number of aryl methyl sites for hydroxylation is 1. The van der Waals surface area contributed by atoms with Crippen molar-refractivity contribution in [3.05, 3.63) is 11.3 Å². The Labute approximate surface area is 90.7 Å². The summed E-state index contributed by atoms with van der Waals surface area (Å²) in [7, 11) is 0. The summed E-state index contributed by atoms with van der Waals surface area (Å²) < 4.78 is 1.73. The molecule has 0 amide bonds. The second-order valence-electron chi connectivity index (χ2n) is 4.65. The molecule has 0 radical (unpaired) electrons. The molecule has 0 aromatic carbocycles. The van der Waals surface area contributed by atoms with Gasteiger partial charge in [-0.2, -0.15) is 10.4 Å². The maximum atomic E-state index is 9.02. The highest BCUT2D eigenvalue weighted by molar-refractivity contribution is 5.52. The molecule has 1 rings (SSSR count). The number of nitrogens with two attached hydrogens (primary N) is 1. The molecule has 1 heterocycles. The maximum absolute atomic E-state index is 9.02. The fourth-order valence-corrected chi connectivity index (χ4v) is 1.52. The van der Waals surface area contributed by atoms with Crippen LogP contribution in [0.3, 0.4) is 0 Å². The highest BCUT2D eigenvalue weighted by Gasteiger charge is 2.22. The van der Waals surface area contributed by atoms with Crippen LogP contribution in [0, 0.1) is 11.3 Å². The van der Waals surface area contributed by atoms with Crippen LogP contribution in [0.15, 0.2) is 0 Å². The van der Waals surface area contributed by atoms with E-state index in [1.807, 2.05) is 20.8 Å². The van der Waals surface area contributed by atoms with E-state index >= 15 is 0 Å². The highest BCUT2D eigenvalue weighted by atomic mass is 15.3.